The maximum atomic E-state index is 14.5. The Kier molecular flexibility index (Phi) is 8.07. The molecule has 0 radical (unpaired) electrons. The van der Waals surface area contributed by atoms with Crippen LogP contribution in [0.25, 0.3) is 10.9 Å². The minimum atomic E-state index is -0.573. The Balaban J connectivity index is 1.58. The van der Waals surface area contributed by atoms with E-state index in [4.69, 9.17) is 25.8 Å². The largest absolute Gasteiger partial charge is 0.493 e. The van der Waals surface area contributed by atoms with Gasteiger partial charge in [-0.15, -0.1) is 0 Å². The summed E-state index contributed by atoms with van der Waals surface area (Å²) in [6.45, 7) is 1.57. The van der Waals surface area contributed by atoms with Crippen molar-refractivity contribution in [2.24, 2.45) is 0 Å². The molecule has 4 rings (SSSR count). The molecule has 1 aromatic heterocycles. The van der Waals surface area contributed by atoms with Gasteiger partial charge in [-0.25, -0.2) is 14.4 Å². The Bertz CT molecular complexity index is 1250. The summed E-state index contributed by atoms with van der Waals surface area (Å²) in [6.07, 6.45) is 1.67. The van der Waals surface area contributed by atoms with Gasteiger partial charge < -0.3 is 24.4 Å². The smallest absolute Gasteiger partial charge is 0.239 e. The van der Waals surface area contributed by atoms with Gasteiger partial charge in [0.05, 0.1) is 36.0 Å². The number of rotatable bonds is 9. The molecule has 1 aliphatic rings. The van der Waals surface area contributed by atoms with Crippen molar-refractivity contribution < 1.29 is 23.4 Å². The number of aromatic nitrogens is 2. The number of fused-ring (bicyclic) bond motifs is 1. The molecule has 1 saturated heterocycles. The monoisotopic (exact) mass is 517 g/mol. The van der Waals surface area contributed by atoms with Crippen molar-refractivity contribution in [1.82, 2.24) is 19.8 Å². The molecule has 192 valence electrons. The number of hydrogen-bond donors (Lipinski definition) is 1. The van der Waals surface area contributed by atoms with E-state index in [0.717, 1.165) is 0 Å². The molecule has 36 heavy (non-hydrogen) atoms. The molecule has 0 bridgehead atoms. The zero-order valence-corrected chi connectivity index (χ0v) is 21.4. The summed E-state index contributed by atoms with van der Waals surface area (Å²) in [5.41, 5.74) is 0.785. The highest BCUT2D eigenvalue weighted by Gasteiger charge is 2.37. The Morgan fingerprint density at radius 2 is 2.08 bits per heavy atom. The number of halogens is 2. The van der Waals surface area contributed by atoms with Crippen LogP contribution in [0, 0.1) is 5.82 Å². The molecule has 1 aliphatic heterocycles. The second kappa shape index (κ2) is 11.2. The Morgan fingerprint density at radius 3 is 2.83 bits per heavy atom. The summed E-state index contributed by atoms with van der Waals surface area (Å²) in [5, 5.41) is 3.62. The first-order valence-corrected chi connectivity index (χ1v) is 11.8. The first-order valence-electron chi connectivity index (χ1n) is 11.5. The van der Waals surface area contributed by atoms with Crippen molar-refractivity contribution in [1.29, 1.82) is 0 Å². The highest BCUT2D eigenvalue weighted by molar-refractivity contribution is 6.31. The van der Waals surface area contributed by atoms with Crippen molar-refractivity contribution in [2.45, 2.75) is 18.6 Å². The summed E-state index contributed by atoms with van der Waals surface area (Å²) in [4.78, 5) is 25.2. The number of hydrogen-bond acceptors (Lipinski definition) is 8. The van der Waals surface area contributed by atoms with E-state index in [0.29, 0.717) is 54.3 Å². The first-order chi connectivity index (χ1) is 17.3. The number of carbonyl (C=O) groups is 1. The van der Waals surface area contributed by atoms with Gasteiger partial charge >= 0.3 is 0 Å². The van der Waals surface area contributed by atoms with E-state index in [-0.39, 0.29) is 28.8 Å². The normalized spacial score (nSPS) is 17.8. The van der Waals surface area contributed by atoms with Gasteiger partial charge in [0.1, 0.15) is 18.2 Å². The zero-order chi connectivity index (χ0) is 25.8. The molecule has 0 unspecified atom stereocenters. The molecular weight excluding hydrogens is 489 g/mol. The highest BCUT2D eigenvalue weighted by Crippen LogP contribution is 2.37. The molecule has 2 atom stereocenters. The molecule has 11 heteroatoms. The molecule has 0 spiro atoms. The Labute approximate surface area is 214 Å². The summed E-state index contributed by atoms with van der Waals surface area (Å²) in [6, 6.07) is 7.91. The van der Waals surface area contributed by atoms with Crippen LogP contribution in [-0.2, 0) is 9.53 Å². The van der Waals surface area contributed by atoms with E-state index >= 15 is 0 Å². The van der Waals surface area contributed by atoms with Gasteiger partial charge in [0.2, 0.25) is 5.91 Å². The van der Waals surface area contributed by atoms with Crippen LogP contribution in [0.4, 0.5) is 15.9 Å². The summed E-state index contributed by atoms with van der Waals surface area (Å²) in [5.74, 6) is 0.819. The highest BCUT2D eigenvalue weighted by atomic mass is 35.5. The number of amides is 1. The molecule has 2 heterocycles. The lowest BCUT2D eigenvalue weighted by atomic mass is 10.1. The van der Waals surface area contributed by atoms with Gasteiger partial charge in [0, 0.05) is 45.1 Å². The van der Waals surface area contributed by atoms with E-state index < -0.39 is 5.82 Å². The van der Waals surface area contributed by atoms with E-state index in [1.165, 1.54) is 12.4 Å². The molecule has 1 N–H and O–H groups in total. The Hall–Kier alpha value is -3.21. The lowest BCUT2D eigenvalue weighted by Crippen LogP contribution is -2.43. The van der Waals surface area contributed by atoms with Crippen molar-refractivity contribution in [3.05, 3.63) is 47.5 Å². The third-order valence-electron chi connectivity index (χ3n) is 6.22. The second-order valence-corrected chi connectivity index (χ2v) is 9.06. The van der Waals surface area contributed by atoms with Crippen molar-refractivity contribution in [3.63, 3.8) is 0 Å². The van der Waals surface area contributed by atoms with Gasteiger partial charge in [0.25, 0.3) is 0 Å². The number of benzene rings is 2. The average molecular weight is 518 g/mol. The number of nitrogens with zero attached hydrogens (tertiary/aromatic N) is 4. The van der Waals surface area contributed by atoms with Crippen LogP contribution in [0.1, 0.15) is 6.42 Å². The lowest BCUT2D eigenvalue weighted by Gasteiger charge is -2.24. The fraction of sp³-hybridized carbons (Fsp3) is 0.400. The van der Waals surface area contributed by atoms with Gasteiger partial charge in [0.15, 0.2) is 17.3 Å². The molecule has 9 nitrogen and oxygen atoms in total. The topological polar surface area (TPSA) is 89.0 Å². The first kappa shape index (κ1) is 25.9. The molecular formula is C25H29ClFN5O4. The average Bonchev–Trinajstić information content (AvgIpc) is 3.24. The number of likely N-dealkylation sites (N-methyl/N-ethyl adjacent to an activating group) is 2. The number of ether oxygens (including phenoxy) is 3. The van der Waals surface area contributed by atoms with E-state index in [9.17, 15) is 9.18 Å². The number of likely N-dealkylation sites (tertiary alicyclic amines) is 1. The van der Waals surface area contributed by atoms with Gasteiger partial charge in [-0.3, -0.25) is 9.69 Å². The third kappa shape index (κ3) is 5.45. The third-order valence-corrected chi connectivity index (χ3v) is 6.51. The zero-order valence-electron chi connectivity index (χ0n) is 20.6. The van der Waals surface area contributed by atoms with Crippen LogP contribution in [0.5, 0.6) is 11.5 Å². The quantitative estimate of drug-likeness (QED) is 0.459. The fourth-order valence-electron chi connectivity index (χ4n) is 4.24. The molecule has 0 aliphatic carbocycles. The van der Waals surface area contributed by atoms with Crippen LogP contribution in [0.15, 0.2) is 36.7 Å². The minimum Gasteiger partial charge on any atom is -0.493 e. The van der Waals surface area contributed by atoms with Crippen molar-refractivity contribution in [2.75, 3.05) is 53.3 Å². The second-order valence-electron chi connectivity index (χ2n) is 8.65. The maximum absolute atomic E-state index is 14.5. The van der Waals surface area contributed by atoms with Crippen LogP contribution in [0.2, 0.25) is 5.02 Å². The predicted molar refractivity (Wildman–Crippen MR) is 136 cm³/mol. The molecule has 3 aromatic rings. The molecule has 0 saturated carbocycles. The van der Waals surface area contributed by atoms with Crippen LogP contribution in [-0.4, -0.2) is 85.8 Å². The van der Waals surface area contributed by atoms with Crippen LogP contribution >= 0.6 is 11.6 Å². The maximum Gasteiger partial charge on any atom is 0.239 e. The van der Waals surface area contributed by atoms with Crippen LogP contribution < -0.4 is 14.8 Å². The standard InChI is InChI=1S/C25H29ClFN5O4/c1-31(8-9-34-3)25(33)20-10-15(13-32(20)2)36-22-11-16-19(12-21(22)35-4)28-14-29-24(16)30-18-7-5-6-17(26)23(18)27/h5-7,11-12,14-15,20H,8-10,13H2,1-4H3,(H,28,29,30)/t15-,20+/m1/s1. The number of methoxy groups -OCH3 is 2. The summed E-state index contributed by atoms with van der Waals surface area (Å²) in [7, 11) is 6.84. The lowest BCUT2D eigenvalue weighted by molar-refractivity contribution is -0.134. The van der Waals surface area contributed by atoms with E-state index in [2.05, 4.69) is 15.3 Å². The summed E-state index contributed by atoms with van der Waals surface area (Å²) < 4.78 is 31.5. The van der Waals surface area contributed by atoms with Gasteiger partial charge in [-0.2, -0.15) is 0 Å². The fourth-order valence-corrected chi connectivity index (χ4v) is 4.42. The van der Waals surface area contributed by atoms with E-state index in [1.54, 1.807) is 50.4 Å². The van der Waals surface area contributed by atoms with E-state index in [1.807, 2.05) is 11.9 Å². The van der Waals surface area contributed by atoms with Gasteiger partial charge in [-0.1, -0.05) is 17.7 Å². The number of carbonyl (C=O) groups excluding carboxylic acids is 1. The van der Waals surface area contributed by atoms with Crippen molar-refractivity contribution >= 4 is 39.9 Å². The predicted octanol–water partition coefficient (Wildman–Crippen LogP) is 3.73. The number of anilines is 2. The summed E-state index contributed by atoms with van der Waals surface area (Å²) >= 11 is 5.93. The number of nitrogens with one attached hydrogen (secondary N) is 1. The Morgan fingerprint density at radius 1 is 1.28 bits per heavy atom. The van der Waals surface area contributed by atoms with Crippen molar-refractivity contribution in [3.8, 4) is 11.5 Å². The van der Waals surface area contributed by atoms with Crippen LogP contribution in [0.3, 0.4) is 0 Å². The molecule has 1 amide bonds. The SMILES string of the molecule is COCCN(C)C(=O)[C@@H]1C[C@@H](Oc2cc3c(Nc4cccc(Cl)c4F)ncnc3cc2OC)CN1C. The molecule has 1 fully saturated rings. The molecule has 2 aromatic carbocycles. The minimum absolute atomic E-state index is 0.00590. The van der Waals surface area contributed by atoms with Gasteiger partial charge in [-0.05, 0) is 25.2 Å².